The molecule has 0 radical (unpaired) electrons. The van der Waals surface area contributed by atoms with Gasteiger partial charge in [0.1, 0.15) is 23.3 Å². The van der Waals surface area contributed by atoms with E-state index in [-0.39, 0.29) is 18.0 Å². The first-order valence-electron chi connectivity index (χ1n) is 7.24. The highest BCUT2D eigenvalue weighted by molar-refractivity contribution is 5.68. The topological polar surface area (TPSA) is 38.8 Å². The number of amides is 1. The Hall–Kier alpha value is -1.78. The third-order valence-corrected chi connectivity index (χ3v) is 3.15. The summed E-state index contributed by atoms with van der Waals surface area (Å²) >= 11 is 0. The summed E-state index contributed by atoms with van der Waals surface area (Å²) in [6.45, 7) is 6.72. The van der Waals surface area contributed by atoms with Crippen molar-refractivity contribution in [1.29, 1.82) is 0 Å². The molecule has 0 spiro atoms. The zero-order valence-electron chi connectivity index (χ0n) is 12.8. The Morgan fingerprint density at radius 1 is 1.29 bits per heavy atom. The molecule has 5 heteroatoms. The second kappa shape index (κ2) is 6.33. The molecule has 1 amide bonds. The lowest BCUT2D eigenvalue weighted by molar-refractivity contribution is 0.00776. The molecule has 4 nitrogen and oxygen atoms in total. The number of ether oxygens (including phenoxy) is 2. The van der Waals surface area contributed by atoms with Crippen molar-refractivity contribution in [2.24, 2.45) is 0 Å². The van der Waals surface area contributed by atoms with Crippen LogP contribution in [-0.2, 0) is 4.74 Å². The van der Waals surface area contributed by atoms with Crippen molar-refractivity contribution < 1.29 is 18.7 Å². The monoisotopic (exact) mass is 295 g/mol. The lowest BCUT2D eigenvalue weighted by atomic mass is 10.1. The van der Waals surface area contributed by atoms with Crippen LogP contribution in [-0.4, -0.2) is 35.8 Å². The smallest absolute Gasteiger partial charge is 0.410 e. The number of likely N-dealkylation sites (tertiary alicyclic amines) is 1. The summed E-state index contributed by atoms with van der Waals surface area (Å²) in [6.07, 6.45) is 1.34. The molecular formula is C16H22FNO3. The first-order chi connectivity index (χ1) is 9.83. The van der Waals surface area contributed by atoms with E-state index >= 15 is 0 Å². The predicted octanol–water partition coefficient (Wildman–Crippen LogP) is 3.60. The zero-order chi connectivity index (χ0) is 15.5. The molecule has 1 fully saturated rings. The van der Waals surface area contributed by atoms with Crippen LogP contribution in [0, 0.1) is 5.82 Å². The van der Waals surface area contributed by atoms with Crippen LogP contribution >= 0.6 is 0 Å². The summed E-state index contributed by atoms with van der Waals surface area (Å²) in [5.74, 6) is 0.328. The molecule has 0 aromatic heterocycles. The summed E-state index contributed by atoms with van der Waals surface area (Å²) in [7, 11) is 0. The quantitative estimate of drug-likeness (QED) is 0.836. The van der Waals surface area contributed by atoms with E-state index in [0.29, 0.717) is 18.8 Å². The van der Waals surface area contributed by atoms with E-state index in [1.165, 1.54) is 12.1 Å². The van der Waals surface area contributed by atoms with Crippen LogP contribution in [0.5, 0.6) is 5.75 Å². The molecule has 2 rings (SSSR count). The summed E-state index contributed by atoms with van der Waals surface area (Å²) in [4.78, 5) is 13.7. The number of hydrogen-bond acceptors (Lipinski definition) is 3. The maximum atomic E-state index is 12.9. The largest absolute Gasteiger partial charge is 0.489 e. The summed E-state index contributed by atoms with van der Waals surface area (Å²) in [6, 6.07) is 5.93. The molecule has 1 aliphatic rings. The second-order valence-corrected chi connectivity index (χ2v) is 6.26. The summed E-state index contributed by atoms with van der Waals surface area (Å²) in [5, 5.41) is 0. The number of carbonyl (C=O) groups is 1. The number of benzene rings is 1. The molecule has 1 atom stereocenters. The van der Waals surface area contributed by atoms with Crippen LogP contribution in [0.3, 0.4) is 0 Å². The van der Waals surface area contributed by atoms with Gasteiger partial charge < -0.3 is 14.4 Å². The van der Waals surface area contributed by atoms with Gasteiger partial charge in [-0.1, -0.05) is 0 Å². The molecule has 1 heterocycles. The first-order valence-corrected chi connectivity index (χ1v) is 7.24. The molecule has 1 aromatic carbocycles. The average Bonchev–Trinajstić information content (AvgIpc) is 2.40. The van der Waals surface area contributed by atoms with E-state index in [1.807, 2.05) is 20.8 Å². The molecule has 1 saturated heterocycles. The molecule has 21 heavy (non-hydrogen) atoms. The van der Waals surface area contributed by atoms with Gasteiger partial charge in [0.05, 0.1) is 6.54 Å². The molecule has 0 aliphatic carbocycles. The number of halogens is 1. The van der Waals surface area contributed by atoms with Crippen molar-refractivity contribution in [1.82, 2.24) is 4.90 Å². The van der Waals surface area contributed by atoms with Gasteiger partial charge in [-0.15, -0.1) is 0 Å². The Morgan fingerprint density at radius 2 is 1.95 bits per heavy atom. The normalized spacial score (nSPS) is 19.2. The van der Waals surface area contributed by atoms with E-state index in [2.05, 4.69) is 0 Å². The Bertz CT molecular complexity index is 481. The second-order valence-electron chi connectivity index (χ2n) is 6.26. The van der Waals surface area contributed by atoms with Crippen LogP contribution in [0.4, 0.5) is 9.18 Å². The molecule has 1 aliphatic heterocycles. The van der Waals surface area contributed by atoms with Gasteiger partial charge in [-0.05, 0) is 57.9 Å². The van der Waals surface area contributed by atoms with Gasteiger partial charge in [0, 0.05) is 6.54 Å². The Kier molecular flexibility index (Phi) is 4.70. The SMILES string of the molecule is CC(C)(C)OC(=O)N1CCC[C@H](Oc2ccc(F)cc2)C1. The van der Waals surface area contributed by atoms with Gasteiger partial charge in [0.25, 0.3) is 0 Å². The van der Waals surface area contributed by atoms with Gasteiger partial charge in [-0.25, -0.2) is 9.18 Å². The molecule has 0 bridgehead atoms. The van der Waals surface area contributed by atoms with Crippen LogP contribution in [0.15, 0.2) is 24.3 Å². The van der Waals surface area contributed by atoms with E-state index in [1.54, 1.807) is 17.0 Å². The number of piperidine rings is 1. The fourth-order valence-electron chi connectivity index (χ4n) is 2.23. The highest BCUT2D eigenvalue weighted by Gasteiger charge is 2.28. The lowest BCUT2D eigenvalue weighted by Crippen LogP contribution is -2.46. The van der Waals surface area contributed by atoms with Gasteiger partial charge in [0.2, 0.25) is 0 Å². The highest BCUT2D eigenvalue weighted by Crippen LogP contribution is 2.20. The van der Waals surface area contributed by atoms with Crippen molar-refractivity contribution in [3.8, 4) is 5.75 Å². The fourth-order valence-corrected chi connectivity index (χ4v) is 2.23. The minimum absolute atomic E-state index is 0.0864. The van der Waals surface area contributed by atoms with E-state index in [4.69, 9.17) is 9.47 Å². The molecular weight excluding hydrogens is 273 g/mol. The Balaban J connectivity index is 1.91. The van der Waals surface area contributed by atoms with E-state index < -0.39 is 5.60 Å². The van der Waals surface area contributed by atoms with E-state index in [9.17, 15) is 9.18 Å². The predicted molar refractivity (Wildman–Crippen MR) is 77.9 cm³/mol. The number of rotatable bonds is 2. The van der Waals surface area contributed by atoms with Crippen molar-refractivity contribution in [3.05, 3.63) is 30.1 Å². The van der Waals surface area contributed by atoms with Crippen LogP contribution in [0.1, 0.15) is 33.6 Å². The summed E-state index contributed by atoms with van der Waals surface area (Å²) < 4.78 is 24.0. The average molecular weight is 295 g/mol. The minimum atomic E-state index is -0.498. The van der Waals surface area contributed by atoms with Crippen LogP contribution in [0.2, 0.25) is 0 Å². The molecule has 116 valence electrons. The molecule has 0 N–H and O–H groups in total. The zero-order valence-corrected chi connectivity index (χ0v) is 12.8. The maximum absolute atomic E-state index is 12.9. The fraction of sp³-hybridized carbons (Fsp3) is 0.562. The summed E-state index contributed by atoms with van der Waals surface area (Å²) in [5.41, 5.74) is -0.498. The number of hydrogen-bond donors (Lipinski definition) is 0. The van der Waals surface area contributed by atoms with Crippen LogP contribution in [0.25, 0.3) is 0 Å². The van der Waals surface area contributed by atoms with Gasteiger partial charge in [0.15, 0.2) is 0 Å². The number of nitrogens with zero attached hydrogens (tertiary/aromatic N) is 1. The third kappa shape index (κ3) is 4.92. The molecule has 1 aromatic rings. The van der Waals surface area contributed by atoms with Crippen molar-refractivity contribution >= 4 is 6.09 Å². The minimum Gasteiger partial charge on any atom is -0.489 e. The van der Waals surface area contributed by atoms with E-state index in [0.717, 1.165) is 12.8 Å². The standard InChI is InChI=1S/C16H22FNO3/c1-16(2,3)21-15(19)18-10-4-5-14(11-18)20-13-8-6-12(17)7-9-13/h6-9,14H,4-5,10-11H2,1-3H3/t14-/m0/s1. The Labute approximate surface area is 124 Å². The van der Waals surface area contributed by atoms with Crippen molar-refractivity contribution in [2.75, 3.05) is 13.1 Å². The molecule has 0 unspecified atom stereocenters. The van der Waals surface area contributed by atoms with Gasteiger partial charge >= 0.3 is 6.09 Å². The first kappa shape index (κ1) is 15.6. The number of carbonyl (C=O) groups excluding carboxylic acids is 1. The lowest BCUT2D eigenvalue weighted by Gasteiger charge is -2.34. The maximum Gasteiger partial charge on any atom is 0.410 e. The molecule has 0 saturated carbocycles. The van der Waals surface area contributed by atoms with Crippen LogP contribution < -0.4 is 4.74 Å². The van der Waals surface area contributed by atoms with Gasteiger partial charge in [-0.2, -0.15) is 0 Å². The van der Waals surface area contributed by atoms with Crippen molar-refractivity contribution in [3.63, 3.8) is 0 Å². The Morgan fingerprint density at radius 3 is 2.57 bits per heavy atom. The third-order valence-electron chi connectivity index (χ3n) is 3.15. The highest BCUT2D eigenvalue weighted by atomic mass is 19.1. The van der Waals surface area contributed by atoms with Crippen molar-refractivity contribution in [2.45, 2.75) is 45.3 Å². The van der Waals surface area contributed by atoms with Gasteiger partial charge in [-0.3, -0.25) is 0 Å².